The first-order valence-corrected chi connectivity index (χ1v) is 13.3. The normalized spacial score (nSPS) is 26.2. The lowest BCUT2D eigenvalue weighted by Gasteiger charge is -2.33. The van der Waals surface area contributed by atoms with Crippen LogP contribution in [0.5, 0.6) is 5.75 Å². The highest BCUT2D eigenvalue weighted by Crippen LogP contribution is 2.36. The SMILES string of the molecule is Cn1cnc2c(Nc3ccn([C@H]4CCCOC4)n3)cc(OC3CCC(N4C[C@H](C(F)(F)F)OC4=O)CC3)cc21. The Morgan fingerprint density at radius 1 is 1.13 bits per heavy atom. The van der Waals surface area contributed by atoms with Gasteiger partial charge in [0.15, 0.2) is 5.82 Å². The maximum atomic E-state index is 13.0. The molecule has 1 aromatic carbocycles. The summed E-state index contributed by atoms with van der Waals surface area (Å²) in [6.45, 7) is 0.992. The minimum Gasteiger partial charge on any atom is -0.490 e. The summed E-state index contributed by atoms with van der Waals surface area (Å²) in [4.78, 5) is 17.8. The van der Waals surface area contributed by atoms with Crippen molar-refractivity contribution in [1.82, 2.24) is 24.2 Å². The van der Waals surface area contributed by atoms with E-state index in [1.165, 1.54) is 4.90 Å². The minimum atomic E-state index is -4.55. The Hall–Kier alpha value is -3.48. The summed E-state index contributed by atoms with van der Waals surface area (Å²) in [5.74, 6) is 1.36. The number of aromatic nitrogens is 4. The summed E-state index contributed by atoms with van der Waals surface area (Å²) in [5, 5.41) is 8.08. The van der Waals surface area contributed by atoms with Crippen LogP contribution in [0.15, 0.2) is 30.7 Å². The second-order valence-electron chi connectivity index (χ2n) is 10.5. The van der Waals surface area contributed by atoms with Crippen LogP contribution < -0.4 is 10.1 Å². The van der Waals surface area contributed by atoms with Gasteiger partial charge < -0.3 is 29.0 Å². The Morgan fingerprint density at radius 3 is 2.67 bits per heavy atom. The molecule has 2 atom stereocenters. The summed E-state index contributed by atoms with van der Waals surface area (Å²) in [5.41, 5.74) is 2.44. The number of rotatable bonds is 6. The van der Waals surface area contributed by atoms with Crippen LogP contribution in [0.2, 0.25) is 0 Å². The summed E-state index contributed by atoms with van der Waals surface area (Å²) in [7, 11) is 1.91. The van der Waals surface area contributed by atoms with Crippen molar-refractivity contribution < 1.29 is 32.2 Å². The highest BCUT2D eigenvalue weighted by molar-refractivity contribution is 5.91. The highest BCUT2D eigenvalue weighted by atomic mass is 19.4. The smallest absolute Gasteiger partial charge is 0.427 e. The van der Waals surface area contributed by atoms with Crippen LogP contribution in [0.4, 0.5) is 29.5 Å². The average Bonchev–Trinajstić information content (AvgIpc) is 3.64. The number of hydrogen-bond acceptors (Lipinski definition) is 7. The second-order valence-corrected chi connectivity index (χ2v) is 10.5. The van der Waals surface area contributed by atoms with E-state index in [9.17, 15) is 18.0 Å². The van der Waals surface area contributed by atoms with Gasteiger partial charge in [-0.05, 0) is 38.5 Å². The number of hydrogen-bond donors (Lipinski definition) is 1. The van der Waals surface area contributed by atoms with Gasteiger partial charge in [0, 0.05) is 44.1 Å². The number of carbonyl (C=O) groups excluding carboxylic acids is 1. The molecule has 6 rings (SSSR count). The van der Waals surface area contributed by atoms with E-state index in [1.807, 2.05) is 40.7 Å². The zero-order chi connectivity index (χ0) is 27.1. The molecule has 1 amide bonds. The van der Waals surface area contributed by atoms with Gasteiger partial charge in [0.2, 0.25) is 6.10 Å². The first kappa shape index (κ1) is 25.8. The molecule has 210 valence electrons. The summed E-state index contributed by atoms with van der Waals surface area (Å²) >= 11 is 0. The lowest BCUT2D eigenvalue weighted by atomic mass is 9.92. The molecular formula is C26H31F3N6O4. The molecule has 1 N–H and O–H groups in total. The van der Waals surface area contributed by atoms with Crippen LogP contribution in [0.3, 0.4) is 0 Å². The van der Waals surface area contributed by atoms with Gasteiger partial charge in [-0.25, -0.2) is 9.78 Å². The van der Waals surface area contributed by atoms with Gasteiger partial charge >= 0.3 is 12.3 Å². The molecule has 0 bridgehead atoms. The van der Waals surface area contributed by atoms with Gasteiger partial charge in [0.25, 0.3) is 0 Å². The third-order valence-electron chi connectivity index (χ3n) is 7.78. The van der Waals surface area contributed by atoms with Crippen molar-refractivity contribution in [3.63, 3.8) is 0 Å². The van der Waals surface area contributed by atoms with E-state index in [4.69, 9.17) is 14.6 Å². The molecule has 1 saturated carbocycles. The van der Waals surface area contributed by atoms with Crippen molar-refractivity contribution in [3.05, 3.63) is 30.7 Å². The van der Waals surface area contributed by atoms with Gasteiger partial charge in [-0.3, -0.25) is 4.68 Å². The molecular weight excluding hydrogens is 517 g/mol. The number of aryl methyl sites for hydroxylation is 1. The lowest BCUT2D eigenvalue weighted by molar-refractivity contribution is -0.192. The van der Waals surface area contributed by atoms with Gasteiger partial charge in [0.1, 0.15) is 11.3 Å². The van der Waals surface area contributed by atoms with Crippen molar-refractivity contribution in [1.29, 1.82) is 0 Å². The van der Waals surface area contributed by atoms with Crippen LogP contribution >= 0.6 is 0 Å². The van der Waals surface area contributed by atoms with Crippen molar-refractivity contribution in [3.8, 4) is 5.75 Å². The molecule has 2 aromatic heterocycles. The van der Waals surface area contributed by atoms with Crippen LogP contribution in [0.25, 0.3) is 11.0 Å². The molecule has 0 unspecified atom stereocenters. The number of alkyl halides is 3. The summed E-state index contributed by atoms with van der Waals surface area (Å²) < 4.78 is 59.4. The van der Waals surface area contributed by atoms with Crippen molar-refractivity contribution >= 4 is 28.6 Å². The number of nitrogens with one attached hydrogen (secondary N) is 1. The minimum absolute atomic E-state index is 0.123. The summed E-state index contributed by atoms with van der Waals surface area (Å²) in [6, 6.07) is 5.69. The molecule has 3 aliphatic rings. The maximum Gasteiger partial charge on any atom is 0.427 e. The number of halogens is 3. The van der Waals surface area contributed by atoms with Crippen LogP contribution in [0.1, 0.15) is 44.6 Å². The van der Waals surface area contributed by atoms with E-state index in [0.717, 1.165) is 36.2 Å². The average molecular weight is 549 g/mol. The topological polar surface area (TPSA) is 95.7 Å². The predicted molar refractivity (Wildman–Crippen MR) is 135 cm³/mol. The molecule has 13 heteroatoms. The van der Waals surface area contributed by atoms with Gasteiger partial charge in [-0.2, -0.15) is 18.3 Å². The molecule has 3 aromatic rings. The monoisotopic (exact) mass is 548 g/mol. The third kappa shape index (κ3) is 5.36. The Morgan fingerprint density at radius 2 is 1.95 bits per heavy atom. The Bertz CT molecular complexity index is 1330. The molecule has 3 fully saturated rings. The first-order chi connectivity index (χ1) is 18.7. The fraction of sp³-hybridized carbons (Fsp3) is 0.577. The molecule has 2 aliphatic heterocycles. The fourth-order valence-corrected chi connectivity index (χ4v) is 5.66. The molecule has 10 nitrogen and oxygen atoms in total. The molecule has 4 heterocycles. The number of fused-ring (bicyclic) bond motifs is 1. The molecule has 0 spiro atoms. The zero-order valence-electron chi connectivity index (χ0n) is 21.6. The van der Waals surface area contributed by atoms with Crippen LogP contribution in [0, 0.1) is 0 Å². The van der Waals surface area contributed by atoms with E-state index >= 15 is 0 Å². The Labute approximate surface area is 223 Å². The Kier molecular flexibility index (Phi) is 6.77. The number of nitrogens with zero attached hydrogens (tertiary/aromatic N) is 5. The number of anilines is 2. The third-order valence-corrected chi connectivity index (χ3v) is 7.78. The largest absolute Gasteiger partial charge is 0.490 e. The van der Waals surface area contributed by atoms with Gasteiger partial charge in [-0.15, -0.1) is 0 Å². The number of imidazole rings is 1. The van der Waals surface area contributed by atoms with Crippen LogP contribution in [-0.4, -0.2) is 74.5 Å². The number of ether oxygens (including phenoxy) is 3. The number of cyclic esters (lactones) is 1. The molecule has 39 heavy (non-hydrogen) atoms. The quantitative estimate of drug-likeness (QED) is 0.466. The van der Waals surface area contributed by atoms with E-state index in [2.05, 4.69) is 15.0 Å². The summed E-state index contributed by atoms with van der Waals surface area (Å²) in [6.07, 6.45) is 0.433. The highest BCUT2D eigenvalue weighted by Gasteiger charge is 2.51. The van der Waals surface area contributed by atoms with Gasteiger partial charge in [0.05, 0.1) is 42.8 Å². The van der Waals surface area contributed by atoms with Crippen LogP contribution in [-0.2, 0) is 16.5 Å². The van der Waals surface area contributed by atoms with E-state index in [1.54, 1.807) is 6.33 Å². The first-order valence-electron chi connectivity index (χ1n) is 13.3. The molecule has 1 aliphatic carbocycles. The molecule has 0 radical (unpaired) electrons. The molecule has 2 saturated heterocycles. The van der Waals surface area contributed by atoms with Crippen molar-refractivity contribution in [2.24, 2.45) is 7.05 Å². The predicted octanol–water partition coefficient (Wildman–Crippen LogP) is 4.94. The number of amides is 1. The zero-order valence-corrected chi connectivity index (χ0v) is 21.6. The fourth-order valence-electron chi connectivity index (χ4n) is 5.66. The maximum absolute atomic E-state index is 13.0. The number of carbonyl (C=O) groups is 1. The van der Waals surface area contributed by atoms with E-state index < -0.39 is 24.9 Å². The number of benzene rings is 1. The van der Waals surface area contributed by atoms with Gasteiger partial charge in [-0.1, -0.05) is 0 Å². The van der Waals surface area contributed by atoms with E-state index in [-0.39, 0.29) is 18.2 Å². The van der Waals surface area contributed by atoms with E-state index in [0.29, 0.717) is 43.9 Å². The van der Waals surface area contributed by atoms with Crippen molar-refractivity contribution in [2.45, 2.75) is 69.0 Å². The van der Waals surface area contributed by atoms with Crippen molar-refractivity contribution in [2.75, 3.05) is 25.1 Å². The second kappa shape index (κ2) is 10.2. The standard InChI is InChI=1S/C26H31F3N6O4/c1-33-15-30-24-20(31-23-8-9-35(32-23)17-3-2-10-37-14-17)11-19(12-21(24)33)38-18-6-4-16(5-7-18)34-13-22(26(27,28)29)39-25(34)36/h8-9,11-12,15-18,22H,2-7,10,13-14H2,1H3,(H,31,32)/t16?,17-,18?,22+/m0/s1. The lowest BCUT2D eigenvalue weighted by Crippen LogP contribution is -2.42. The Balaban J connectivity index is 1.13.